The minimum Gasteiger partial charge on any atom is -0.493 e. The number of methoxy groups -OCH3 is 2. The Morgan fingerprint density at radius 2 is 1.68 bits per heavy atom. The molecule has 4 nitrogen and oxygen atoms in total. The Kier molecular flexibility index (Phi) is 6.50. The van der Waals surface area contributed by atoms with Crippen molar-refractivity contribution in [2.24, 2.45) is 5.92 Å². The van der Waals surface area contributed by atoms with Crippen LogP contribution in [0.1, 0.15) is 20.8 Å². The molecule has 0 radical (unpaired) electrons. The van der Waals surface area contributed by atoms with Crippen LogP contribution in [0.5, 0.6) is 17.2 Å². The maximum absolute atomic E-state index is 5.91. The van der Waals surface area contributed by atoms with E-state index in [1.807, 2.05) is 18.2 Å². The summed E-state index contributed by atoms with van der Waals surface area (Å²) >= 11 is 0. The van der Waals surface area contributed by atoms with Gasteiger partial charge in [-0.05, 0) is 24.6 Å². The molecule has 0 saturated heterocycles. The summed E-state index contributed by atoms with van der Waals surface area (Å²) in [6.07, 6.45) is 0. The van der Waals surface area contributed by atoms with Gasteiger partial charge in [-0.15, -0.1) is 0 Å². The van der Waals surface area contributed by atoms with Gasteiger partial charge in [0.1, 0.15) is 6.61 Å². The van der Waals surface area contributed by atoms with E-state index in [0.717, 1.165) is 6.54 Å². The highest BCUT2D eigenvalue weighted by Gasteiger charge is 2.16. The smallest absolute Gasteiger partial charge is 0.203 e. The van der Waals surface area contributed by atoms with E-state index in [1.165, 1.54) is 0 Å². The van der Waals surface area contributed by atoms with Gasteiger partial charge < -0.3 is 19.5 Å². The fourth-order valence-corrected chi connectivity index (χ4v) is 1.88. The molecule has 0 saturated carbocycles. The molecule has 0 bridgehead atoms. The first kappa shape index (κ1) is 15.6. The summed E-state index contributed by atoms with van der Waals surface area (Å²) in [5.41, 5.74) is 0. The zero-order valence-electron chi connectivity index (χ0n) is 12.5. The molecule has 0 aromatic heterocycles. The van der Waals surface area contributed by atoms with Crippen molar-refractivity contribution in [1.29, 1.82) is 0 Å². The van der Waals surface area contributed by atoms with E-state index < -0.39 is 0 Å². The molecule has 1 N–H and O–H groups in total. The van der Waals surface area contributed by atoms with Crippen molar-refractivity contribution in [3.8, 4) is 17.2 Å². The predicted molar refractivity (Wildman–Crippen MR) is 77.3 cm³/mol. The fourth-order valence-electron chi connectivity index (χ4n) is 1.88. The molecule has 4 heteroatoms. The maximum atomic E-state index is 5.91. The van der Waals surface area contributed by atoms with Crippen LogP contribution in [0.4, 0.5) is 0 Å². The molecular formula is C15H25NO3. The van der Waals surface area contributed by atoms with Gasteiger partial charge in [0.05, 0.1) is 14.2 Å². The minimum absolute atomic E-state index is 0.305. The van der Waals surface area contributed by atoms with Crippen molar-refractivity contribution in [3.05, 3.63) is 18.2 Å². The Labute approximate surface area is 116 Å². The SMILES string of the molecule is CCNC(COc1c(OC)cccc1OC)C(C)C. The van der Waals surface area contributed by atoms with Crippen LogP contribution in [0.25, 0.3) is 0 Å². The van der Waals surface area contributed by atoms with Gasteiger partial charge in [0.15, 0.2) is 11.5 Å². The minimum atomic E-state index is 0.305. The van der Waals surface area contributed by atoms with Crippen LogP contribution in [-0.4, -0.2) is 33.4 Å². The molecule has 1 rings (SSSR count). The first-order chi connectivity index (χ1) is 9.13. The molecule has 0 spiro atoms. The molecule has 0 heterocycles. The Balaban J connectivity index is 2.80. The summed E-state index contributed by atoms with van der Waals surface area (Å²) in [6.45, 7) is 7.96. The molecule has 0 aliphatic heterocycles. The third-order valence-electron chi connectivity index (χ3n) is 3.06. The zero-order chi connectivity index (χ0) is 14.3. The number of hydrogen-bond donors (Lipinski definition) is 1. The second-order valence-corrected chi connectivity index (χ2v) is 4.71. The molecular weight excluding hydrogens is 242 g/mol. The highest BCUT2D eigenvalue weighted by Crippen LogP contribution is 2.36. The molecule has 1 atom stereocenters. The third-order valence-corrected chi connectivity index (χ3v) is 3.06. The maximum Gasteiger partial charge on any atom is 0.203 e. The van der Waals surface area contributed by atoms with Gasteiger partial charge in [0, 0.05) is 6.04 Å². The summed E-state index contributed by atoms with van der Waals surface area (Å²) in [4.78, 5) is 0. The molecule has 1 aromatic rings. The van der Waals surface area contributed by atoms with Gasteiger partial charge in [-0.1, -0.05) is 26.8 Å². The Morgan fingerprint density at radius 3 is 2.11 bits per heavy atom. The lowest BCUT2D eigenvalue weighted by atomic mass is 10.1. The summed E-state index contributed by atoms with van der Waals surface area (Å²) in [7, 11) is 3.26. The lowest BCUT2D eigenvalue weighted by Crippen LogP contribution is -2.38. The van der Waals surface area contributed by atoms with E-state index >= 15 is 0 Å². The van der Waals surface area contributed by atoms with Crippen molar-refractivity contribution in [2.75, 3.05) is 27.4 Å². The molecule has 1 aromatic carbocycles. The summed E-state index contributed by atoms with van der Waals surface area (Å²) in [5, 5.41) is 3.42. The van der Waals surface area contributed by atoms with Crippen LogP contribution in [0.2, 0.25) is 0 Å². The van der Waals surface area contributed by atoms with Crippen molar-refractivity contribution in [2.45, 2.75) is 26.8 Å². The van der Waals surface area contributed by atoms with Crippen LogP contribution < -0.4 is 19.5 Å². The van der Waals surface area contributed by atoms with Crippen molar-refractivity contribution in [1.82, 2.24) is 5.32 Å². The monoisotopic (exact) mass is 267 g/mol. The van der Waals surface area contributed by atoms with Gasteiger partial charge in [-0.2, -0.15) is 0 Å². The second-order valence-electron chi connectivity index (χ2n) is 4.71. The van der Waals surface area contributed by atoms with Crippen LogP contribution in [0, 0.1) is 5.92 Å². The van der Waals surface area contributed by atoms with Gasteiger partial charge >= 0.3 is 0 Å². The molecule has 0 aliphatic carbocycles. The molecule has 1 unspecified atom stereocenters. The van der Waals surface area contributed by atoms with Crippen LogP contribution in [0.3, 0.4) is 0 Å². The normalized spacial score (nSPS) is 12.3. The third kappa shape index (κ3) is 4.31. The lowest BCUT2D eigenvalue weighted by molar-refractivity contribution is 0.215. The average molecular weight is 267 g/mol. The van der Waals surface area contributed by atoms with Gasteiger partial charge in [-0.25, -0.2) is 0 Å². The summed E-state index contributed by atoms with van der Waals surface area (Å²) < 4.78 is 16.5. The van der Waals surface area contributed by atoms with Crippen LogP contribution >= 0.6 is 0 Å². The number of benzene rings is 1. The largest absolute Gasteiger partial charge is 0.493 e. The summed E-state index contributed by atoms with van der Waals surface area (Å²) in [6, 6.07) is 5.93. The first-order valence-electron chi connectivity index (χ1n) is 6.71. The van der Waals surface area contributed by atoms with Crippen LogP contribution in [0.15, 0.2) is 18.2 Å². The van der Waals surface area contributed by atoms with Gasteiger partial charge in [0.25, 0.3) is 0 Å². The summed E-state index contributed by atoms with van der Waals surface area (Å²) in [5.74, 6) is 2.55. The van der Waals surface area contributed by atoms with E-state index in [1.54, 1.807) is 14.2 Å². The first-order valence-corrected chi connectivity index (χ1v) is 6.71. The van der Waals surface area contributed by atoms with E-state index in [-0.39, 0.29) is 0 Å². The van der Waals surface area contributed by atoms with Gasteiger partial charge in [-0.3, -0.25) is 0 Å². The predicted octanol–water partition coefficient (Wildman–Crippen LogP) is 2.72. The molecule has 0 aliphatic rings. The highest BCUT2D eigenvalue weighted by molar-refractivity contribution is 5.51. The number of likely N-dealkylation sites (N-methyl/N-ethyl adjacent to an activating group) is 1. The van der Waals surface area contributed by atoms with E-state index in [2.05, 4.69) is 26.1 Å². The Hall–Kier alpha value is -1.42. The van der Waals surface area contributed by atoms with Crippen molar-refractivity contribution < 1.29 is 14.2 Å². The van der Waals surface area contributed by atoms with E-state index in [9.17, 15) is 0 Å². The number of hydrogen-bond acceptors (Lipinski definition) is 4. The second kappa shape index (κ2) is 7.89. The number of para-hydroxylation sites is 1. The molecule has 19 heavy (non-hydrogen) atoms. The molecule has 0 amide bonds. The number of rotatable bonds is 8. The molecule has 0 fully saturated rings. The van der Waals surface area contributed by atoms with Crippen molar-refractivity contribution in [3.63, 3.8) is 0 Å². The van der Waals surface area contributed by atoms with E-state index in [4.69, 9.17) is 14.2 Å². The fraction of sp³-hybridized carbons (Fsp3) is 0.600. The molecule has 108 valence electrons. The Bertz CT molecular complexity index is 357. The average Bonchev–Trinajstić information content (AvgIpc) is 2.42. The number of ether oxygens (including phenoxy) is 3. The Morgan fingerprint density at radius 1 is 1.11 bits per heavy atom. The quantitative estimate of drug-likeness (QED) is 0.786. The highest BCUT2D eigenvalue weighted by atomic mass is 16.5. The zero-order valence-corrected chi connectivity index (χ0v) is 12.5. The van der Waals surface area contributed by atoms with Crippen LogP contribution in [-0.2, 0) is 0 Å². The lowest BCUT2D eigenvalue weighted by Gasteiger charge is -2.23. The van der Waals surface area contributed by atoms with Gasteiger partial charge in [0.2, 0.25) is 5.75 Å². The van der Waals surface area contributed by atoms with Crippen molar-refractivity contribution >= 4 is 0 Å². The standard InChI is InChI=1S/C15H25NO3/c1-6-16-12(11(2)3)10-19-15-13(17-4)8-7-9-14(15)18-5/h7-9,11-12,16H,6,10H2,1-5H3. The van der Waals surface area contributed by atoms with E-state index in [0.29, 0.717) is 35.8 Å². The number of nitrogens with one attached hydrogen (secondary N) is 1. The topological polar surface area (TPSA) is 39.7 Å².